The molecule has 0 unspecified atom stereocenters. The molecule has 8 heteroatoms. The predicted molar refractivity (Wildman–Crippen MR) is 95.9 cm³/mol. The number of aromatic nitrogens is 3. The number of nitrogens with one attached hydrogen (secondary N) is 1. The SMILES string of the molecule is CC(C)OCC(=O)N1CCO[C@H](c2ccc(Nc3ncccn3)cn2)C1. The minimum atomic E-state index is -0.242. The van der Waals surface area contributed by atoms with Gasteiger partial charge in [0.25, 0.3) is 0 Å². The van der Waals surface area contributed by atoms with Gasteiger partial charge in [-0.25, -0.2) is 9.97 Å². The summed E-state index contributed by atoms with van der Waals surface area (Å²) in [5.41, 5.74) is 1.57. The Hall–Kier alpha value is -2.58. The molecule has 2 aromatic heterocycles. The molecule has 0 aromatic carbocycles. The van der Waals surface area contributed by atoms with Gasteiger partial charge in [-0.3, -0.25) is 9.78 Å². The molecular weight excluding hydrogens is 334 g/mol. The molecule has 2 aromatic rings. The lowest BCUT2D eigenvalue weighted by Crippen LogP contribution is -2.44. The number of pyridine rings is 1. The van der Waals surface area contributed by atoms with Gasteiger partial charge in [0.1, 0.15) is 12.7 Å². The average Bonchev–Trinajstić information content (AvgIpc) is 2.67. The Labute approximate surface area is 152 Å². The minimum Gasteiger partial charge on any atom is -0.369 e. The summed E-state index contributed by atoms with van der Waals surface area (Å²) in [5.74, 6) is 0.490. The highest BCUT2D eigenvalue weighted by atomic mass is 16.5. The fourth-order valence-corrected chi connectivity index (χ4v) is 2.55. The van der Waals surface area contributed by atoms with Crippen LogP contribution in [0.5, 0.6) is 0 Å². The molecule has 1 aliphatic rings. The third-order valence-corrected chi connectivity index (χ3v) is 3.90. The molecule has 0 saturated carbocycles. The lowest BCUT2D eigenvalue weighted by Gasteiger charge is -2.32. The van der Waals surface area contributed by atoms with Crippen LogP contribution in [-0.2, 0) is 14.3 Å². The summed E-state index contributed by atoms with van der Waals surface area (Å²) in [6.07, 6.45) is 4.83. The molecule has 3 rings (SSSR count). The monoisotopic (exact) mass is 357 g/mol. The molecular formula is C18H23N5O3. The lowest BCUT2D eigenvalue weighted by atomic mass is 10.2. The van der Waals surface area contributed by atoms with E-state index in [9.17, 15) is 4.79 Å². The summed E-state index contributed by atoms with van der Waals surface area (Å²) >= 11 is 0. The van der Waals surface area contributed by atoms with Crippen molar-refractivity contribution in [3.05, 3.63) is 42.5 Å². The van der Waals surface area contributed by atoms with Crippen molar-refractivity contribution in [2.75, 3.05) is 31.6 Å². The Morgan fingerprint density at radius 1 is 1.35 bits per heavy atom. The second-order valence-electron chi connectivity index (χ2n) is 6.23. The molecule has 0 aliphatic carbocycles. The molecule has 1 N–H and O–H groups in total. The molecule has 1 amide bonds. The number of rotatable bonds is 6. The quantitative estimate of drug-likeness (QED) is 0.845. The van der Waals surface area contributed by atoms with Gasteiger partial charge in [-0.05, 0) is 32.0 Å². The van der Waals surface area contributed by atoms with Gasteiger partial charge in [0.05, 0.1) is 36.8 Å². The maximum atomic E-state index is 12.2. The van der Waals surface area contributed by atoms with E-state index in [-0.39, 0.29) is 24.7 Å². The maximum absolute atomic E-state index is 12.2. The predicted octanol–water partition coefficient (Wildman–Crippen LogP) is 1.94. The first-order valence-electron chi connectivity index (χ1n) is 8.63. The van der Waals surface area contributed by atoms with Crippen LogP contribution < -0.4 is 5.32 Å². The van der Waals surface area contributed by atoms with Gasteiger partial charge in [0.2, 0.25) is 11.9 Å². The summed E-state index contributed by atoms with van der Waals surface area (Å²) in [6.45, 7) is 5.45. The number of ether oxygens (including phenoxy) is 2. The molecule has 0 bridgehead atoms. The number of morpholine rings is 1. The van der Waals surface area contributed by atoms with E-state index in [4.69, 9.17) is 9.47 Å². The first-order valence-corrected chi connectivity index (χ1v) is 8.63. The van der Waals surface area contributed by atoms with E-state index in [1.54, 1.807) is 29.6 Å². The topological polar surface area (TPSA) is 89.5 Å². The van der Waals surface area contributed by atoms with Gasteiger partial charge in [-0.15, -0.1) is 0 Å². The zero-order chi connectivity index (χ0) is 18.4. The molecule has 26 heavy (non-hydrogen) atoms. The van der Waals surface area contributed by atoms with Crippen molar-refractivity contribution in [2.24, 2.45) is 0 Å². The lowest BCUT2D eigenvalue weighted by molar-refractivity contribution is -0.145. The highest BCUT2D eigenvalue weighted by molar-refractivity contribution is 5.77. The number of anilines is 2. The van der Waals surface area contributed by atoms with Gasteiger partial charge >= 0.3 is 0 Å². The van der Waals surface area contributed by atoms with Crippen molar-refractivity contribution in [2.45, 2.75) is 26.1 Å². The van der Waals surface area contributed by atoms with E-state index >= 15 is 0 Å². The van der Waals surface area contributed by atoms with Crippen LogP contribution >= 0.6 is 0 Å². The van der Waals surface area contributed by atoms with E-state index < -0.39 is 0 Å². The highest BCUT2D eigenvalue weighted by Gasteiger charge is 2.26. The summed E-state index contributed by atoms with van der Waals surface area (Å²) < 4.78 is 11.2. The van der Waals surface area contributed by atoms with E-state index in [1.807, 2.05) is 26.0 Å². The zero-order valence-corrected chi connectivity index (χ0v) is 15.0. The molecule has 8 nitrogen and oxygen atoms in total. The van der Waals surface area contributed by atoms with Gasteiger partial charge in [0, 0.05) is 18.9 Å². The molecule has 1 atom stereocenters. The van der Waals surface area contributed by atoms with Crippen LogP contribution in [0.4, 0.5) is 11.6 Å². The van der Waals surface area contributed by atoms with Crippen molar-refractivity contribution in [1.82, 2.24) is 19.9 Å². The van der Waals surface area contributed by atoms with Crippen LogP contribution in [0, 0.1) is 0 Å². The van der Waals surface area contributed by atoms with Crippen molar-refractivity contribution in [1.29, 1.82) is 0 Å². The van der Waals surface area contributed by atoms with Crippen LogP contribution in [0.15, 0.2) is 36.8 Å². The number of nitrogens with zero attached hydrogens (tertiary/aromatic N) is 4. The number of amides is 1. The Morgan fingerprint density at radius 3 is 2.85 bits per heavy atom. The van der Waals surface area contributed by atoms with Crippen molar-refractivity contribution in [3.8, 4) is 0 Å². The Bertz CT molecular complexity index is 709. The van der Waals surface area contributed by atoms with Crippen molar-refractivity contribution >= 4 is 17.5 Å². The van der Waals surface area contributed by atoms with Gasteiger partial charge in [-0.1, -0.05) is 0 Å². The molecule has 1 fully saturated rings. The average molecular weight is 357 g/mol. The minimum absolute atomic E-state index is 0.0217. The van der Waals surface area contributed by atoms with Gasteiger partial charge in [-0.2, -0.15) is 0 Å². The fourth-order valence-electron chi connectivity index (χ4n) is 2.55. The second kappa shape index (κ2) is 8.68. The summed E-state index contributed by atoms with van der Waals surface area (Å²) in [4.78, 5) is 26.7. The third kappa shape index (κ3) is 4.96. The number of carbonyl (C=O) groups excluding carboxylic acids is 1. The van der Waals surface area contributed by atoms with Crippen LogP contribution in [0.2, 0.25) is 0 Å². The maximum Gasteiger partial charge on any atom is 0.248 e. The van der Waals surface area contributed by atoms with Crippen LogP contribution in [0.25, 0.3) is 0 Å². The van der Waals surface area contributed by atoms with Gasteiger partial charge < -0.3 is 19.7 Å². The summed E-state index contributed by atoms with van der Waals surface area (Å²) in [5, 5.41) is 3.08. The molecule has 1 aliphatic heterocycles. The number of carbonyl (C=O) groups is 1. The van der Waals surface area contributed by atoms with E-state index in [0.29, 0.717) is 25.6 Å². The van der Waals surface area contributed by atoms with Crippen LogP contribution in [0.3, 0.4) is 0 Å². The fraction of sp³-hybridized carbons (Fsp3) is 0.444. The second-order valence-corrected chi connectivity index (χ2v) is 6.23. The zero-order valence-electron chi connectivity index (χ0n) is 15.0. The highest BCUT2D eigenvalue weighted by Crippen LogP contribution is 2.22. The van der Waals surface area contributed by atoms with Crippen LogP contribution in [0.1, 0.15) is 25.6 Å². The molecule has 138 valence electrons. The molecule has 3 heterocycles. The van der Waals surface area contributed by atoms with E-state index in [1.165, 1.54) is 0 Å². The Kier molecular flexibility index (Phi) is 6.08. The molecule has 0 radical (unpaired) electrons. The van der Waals surface area contributed by atoms with Gasteiger partial charge in [0.15, 0.2) is 0 Å². The van der Waals surface area contributed by atoms with Crippen molar-refractivity contribution in [3.63, 3.8) is 0 Å². The third-order valence-electron chi connectivity index (χ3n) is 3.90. The first-order chi connectivity index (χ1) is 12.6. The van der Waals surface area contributed by atoms with Crippen LogP contribution in [-0.4, -0.2) is 58.2 Å². The largest absolute Gasteiger partial charge is 0.369 e. The summed E-state index contributed by atoms with van der Waals surface area (Å²) in [6, 6.07) is 5.53. The number of hydrogen-bond acceptors (Lipinski definition) is 7. The Balaban J connectivity index is 1.59. The smallest absolute Gasteiger partial charge is 0.248 e. The molecule has 1 saturated heterocycles. The standard InChI is InChI=1S/C18H23N5O3/c1-13(2)26-12-17(24)23-8-9-25-16(11-23)15-5-4-14(10-21-15)22-18-19-6-3-7-20-18/h3-7,10,13,16H,8-9,11-12H2,1-2H3,(H,19,20,22)/t16-/m0/s1. The van der Waals surface area contributed by atoms with E-state index in [0.717, 1.165) is 11.4 Å². The number of hydrogen-bond donors (Lipinski definition) is 1. The molecule has 0 spiro atoms. The normalized spacial score (nSPS) is 17.3. The first kappa shape index (κ1) is 18.2. The van der Waals surface area contributed by atoms with E-state index in [2.05, 4.69) is 20.3 Å². The Morgan fingerprint density at radius 2 is 2.15 bits per heavy atom. The van der Waals surface area contributed by atoms with Crippen molar-refractivity contribution < 1.29 is 14.3 Å². The summed E-state index contributed by atoms with van der Waals surface area (Å²) in [7, 11) is 0.